The maximum Gasteiger partial charge on any atom is 0.161 e. The molecule has 0 saturated heterocycles. The van der Waals surface area contributed by atoms with Gasteiger partial charge in [0.25, 0.3) is 0 Å². The number of benzene rings is 2. The molecular formula is C20H22Cl2O4. The van der Waals surface area contributed by atoms with E-state index in [1.54, 1.807) is 25.3 Å². The van der Waals surface area contributed by atoms with Crippen molar-refractivity contribution < 1.29 is 18.9 Å². The SMILES string of the molecule is C/C=C/c1ccc(OCCOCCOc2c(Cl)cccc2Cl)c(OC)c1. The molecule has 0 unspecified atom stereocenters. The van der Waals surface area contributed by atoms with E-state index in [9.17, 15) is 0 Å². The zero-order valence-electron chi connectivity index (χ0n) is 14.8. The molecule has 0 aromatic heterocycles. The van der Waals surface area contributed by atoms with Crippen molar-refractivity contribution in [1.29, 1.82) is 0 Å². The summed E-state index contributed by atoms with van der Waals surface area (Å²) in [5.74, 6) is 1.85. The summed E-state index contributed by atoms with van der Waals surface area (Å²) in [6.07, 6.45) is 3.97. The van der Waals surface area contributed by atoms with E-state index in [0.29, 0.717) is 53.7 Å². The Bertz CT molecular complexity index is 711. The standard InChI is InChI=1S/C20H22Cl2O4/c1-3-5-15-8-9-18(19(14-15)23-2)25-12-10-24-11-13-26-20-16(21)6-4-7-17(20)22/h3-9,14H,10-13H2,1-2H3/b5-3+. The van der Waals surface area contributed by atoms with Gasteiger partial charge in [-0.05, 0) is 36.8 Å². The van der Waals surface area contributed by atoms with Crippen LogP contribution < -0.4 is 14.2 Å². The number of allylic oxidation sites excluding steroid dienone is 1. The van der Waals surface area contributed by atoms with E-state index < -0.39 is 0 Å². The number of para-hydroxylation sites is 1. The molecule has 6 heteroatoms. The topological polar surface area (TPSA) is 36.9 Å². The monoisotopic (exact) mass is 396 g/mol. The summed E-state index contributed by atoms with van der Waals surface area (Å²) in [6, 6.07) is 11.0. The molecule has 0 fully saturated rings. The lowest BCUT2D eigenvalue weighted by Crippen LogP contribution is -2.12. The van der Waals surface area contributed by atoms with Gasteiger partial charge >= 0.3 is 0 Å². The Hall–Kier alpha value is -1.88. The van der Waals surface area contributed by atoms with Gasteiger partial charge in [-0.1, -0.05) is 47.5 Å². The Labute approximate surface area is 164 Å². The van der Waals surface area contributed by atoms with Gasteiger partial charge in [0, 0.05) is 0 Å². The summed E-state index contributed by atoms with van der Waals surface area (Å²) in [7, 11) is 1.62. The fraction of sp³-hybridized carbons (Fsp3) is 0.300. The van der Waals surface area contributed by atoms with Crippen LogP contribution in [0.15, 0.2) is 42.5 Å². The average Bonchev–Trinajstić information content (AvgIpc) is 2.64. The van der Waals surface area contributed by atoms with E-state index in [1.165, 1.54) is 0 Å². The fourth-order valence-electron chi connectivity index (χ4n) is 2.24. The molecule has 0 aliphatic heterocycles. The largest absolute Gasteiger partial charge is 0.493 e. The summed E-state index contributed by atoms with van der Waals surface area (Å²) >= 11 is 12.1. The molecular weight excluding hydrogens is 375 g/mol. The van der Waals surface area contributed by atoms with Crippen LogP contribution in [0.5, 0.6) is 17.2 Å². The Morgan fingerprint density at radius 2 is 1.58 bits per heavy atom. The quantitative estimate of drug-likeness (QED) is 0.496. The number of methoxy groups -OCH3 is 1. The highest BCUT2D eigenvalue weighted by atomic mass is 35.5. The molecule has 0 bridgehead atoms. The number of halogens is 2. The Balaban J connectivity index is 1.69. The van der Waals surface area contributed by atoms with Crippen LogP contribution in [0.3, 0.4) is 0 Å². The first kappa shape index (κ1) is 20.4. The van der Waals surface area contributed by atoms with Crippen LogP contribution in [-0.2, 0) is 4.74 Å². The highest BCUT2D eigenvalue weighted by Crippen LogP contribution is 2.32. The Morgan fingerprint density at radius 1 is 0.885 bits per heavy atom. The highest BCUT2D eigenvalue weighted by Gasteiger charge is 2.07. The van der Waals surface area contributed by atoms with E-state index in [-0.39, 0.29) is 0 Å². The van der Waals surface area contributed by atoms with E-state index >= 15 is 0 Å². The van der Waals surface area contributed by atoms with Crippen molar-refractivity contribution in [3.8, 4) is 17.2 Å². The number of rotatable bonds is 10. The number of ether oxygens (including phenoxy) is 4. The minimum atomic E-state index is 0.352. The van der Waals surface area contributed by atoms with Crippen LogP contribution in [0, 0.1) is 0 Å². The minimum Gasteiger partial charge on any atom is -0.493 e. The Kier molecular flexibility index (Phi) is 8.62. The molecule has 0 aliphatic carbocycles. The van der Waals surface area contributed by atoms with Gasteiger partial charge in [0.1, 0.15) is 13.2 Å². The predicted octanol–water partition coefficient (Wildman–Crippen LogP) is 5.51. The maximum atomic E-state index is 6.03. The molecule has 0 saturated carbocycles. The maximum absolute atomic E-state index is 6.03. The van der Waals surface area contributed by atoms with Crippen molar-refractivity contribution in [1.82, 2.24) is 0 Å². The molecule has 0 spiro atoms. The third kappa shape index (κ3) is 6.13. The van der Waals surface area contributed by atoms with E-state index in [2.05, 4.69) is 0 Å². The van der Waals surface area contributed by atoms with Crippen LogP contribution >= 0.6 is 23.2 Å². The third-order valence-electron chi connectivity index (χ3n) is 3.43. The van der Waals surface area contributed by atoms with Crippen molar-refractivity contribution >= 4 is 29.3 Å². The van der Waals surface area contributed by atoms with Gasteiger partial charge in [-0.3, -0.25) is 0 Å². The van der Waals surface area contributed by atoms with Crippen molar-refractivity contribution in [2.24, 2.45) is 0 Å². The zero-order chi connectivity index (χ0) is 18.8. The molecule has 0 amide bonds. The molecule has 0 atom stereocenters. The van der Waals surface area contributed by atoms with Crippen LogP contribution in [0.25, 0.3) is 6.08 Å². The average molecular weight is 397 g/mol. The summed E-state index contributed by atoms with van der Waals surface area (Å²) in [5.41, 5.74) is 1.06. The van der Waals surface area contributed by atoms with Crippen LogP contribution in [0.4, 0.5) is 0 Å². The van der Waals surface area contributed by atoms with Gasteiger partial charge in [0.05, 0.1) is 30.4 Å². The van der Waals surface area contributed by atoms with Crippen LogP contribution in [-0.4, -0.2) is 33.5 Å². The molecule has 4 nitrogen and oxygen atoms in total. The van der Waals surface area contributed by atoms with Gasteiger partial charge in [-0.15, -0.1) is 0 Å². The fourth-order valence-corrected chi connectivity index (χ4v) is 2.74. The van der Waals surface area contributed by atoms with Gasteiger partial charge < -0.3 is 18.9 Å². The first-order chi connectivity index (χ1) is 12.7. The van der Waals surface area contributed by atoms with Crippen LogP contribution in [0.2, 0.25) is 10.0 Å². The molecule has 0 aliphatic rings. The second-order valence-corrected chi connectivity index (χ2v) is 6.08. The van der Waals surface area contributed by atoms with Crippen molar-refractivity contribution in [2.75, 3.05) is 33.5 Å². The highest BCUT2D eigenvalue weighted by molar-refractivity contribution is 6.37. The molecule has 0 radical (unpaired) electrons. The first-order valence-corrected chi connectivity index (χ1v) is 8.99. The lowest BCUT2D eigenvalue weighted by atomic mass is 10.2. The van der Waals surface area contributed by atoms with Gasteiger partial charge in [-0.2, -0.15) is 0 Å². The van der Waals surface area contributed by atoms with Gasteiger partial charge in [0.15, 0.2) is 17.2 Å². The second kappa shape index (κ2) is 11.0. The van der Waals surface area contributed by atoms with E-state index in [1.807, 2.05) is 37.3 Å². The van der Waals surface area contributed by atoms with Crippen LogP contribution in [0.1, 0.15) is 12.5 Å². The predicted molar refractivity (Wildman–Crippen MR) is 106 cm³/mol. The number of hydrogen-bond acceptors (Lipinski definition) is 4. The first-order valence-electron chi connectivity index (χ1n) is 8.23. The van der Waals surface area contributed by atoms with E-state index in [0.717, 1.165) is 5.56 Å². The normalized spacial score (nSPS) is 10.9. The molecule has 26 heavy (non-hydrogen) atoms. The summed E-state index contributed by atoms with van der Waals surface area (Å²) in [4.78, 5) is 0. The van der Waals surface area contributed by atoms with E-state index in [4.69, 9.17) is 42.1 Å². The summed E-state index contributed by atoms with van der Waals surface area (Å²) in [6.45, 7) is 3.57. The molecule has 0 N–H and O–H groups in total. The van der Waals surface area contributed by atoms with Crippen molar-refractivity contribution in [3.63, 3.8) is 0 Å². The summed E-state index contributed by atoms with van der Waals surface area (Å²) in [5, 5.41) is 0.962. The molecule has 0 heterocycles. The summed E-state index contributed by atoms with van der Waals surface area (Å²) < 4.78 is 22.1. The Morgan fingerprint density at radius 3 is 2.23 bits per heavy atom. The van der Waals surface area contributed by atoms with Crippen molar-refractivity contribution in [3.05, 3.63) is 58.1 Å². The molecule has 2 rings (SSSR count). The van der Waals surface area contributed by atoms with Gasteiger partial charge in [0.2, 0.25) is 0 Å². The molecule has 2 aromatic carbocycles. The lowest BCUT2D eigenvalue weighted by Gasteiger charge is -2.12. The zero-order valence-corrected chi connectivity index (χ0v) is 16.3. The molecule has 140 valence electrons. The lowest BCUT2D eigenvalue weighted by molar-refractivity contribution is 0.0758. The number of hydrogen-bond donors (Lipinski definition) is 0. The molecule has 2 aromatic rings. The smallest absolute Gasteiger partial charge is 0.161 e. The minimum absolute atomic E-state index is 0.352. The second-order valence-electron chi connectivity index (χ2n) is 5.27. The third-order valence-corrected chi connectivity index (χ3v) is 4.02. The van der Waals surface area contributed by atoms with Crippen molar-refractivity contribution in [2.45, 2.75) is 6.92 Å². The van der Waals surface area contributed by atoms with Gasteiger partial charge in [-0.25, -0.2) is 0 Å².